The molecule has 0 unspecified atom stereocenters. The number of nitrogens with one attached hydrogen (secondary N) is 1. The summed E-state index contributed by atoms with van der Waals surface area (Å²) in [4.78, 5) is 8.64. The lowest BCUT2D eigenvalue weighted by molar-refractivity contribution is 0.600. The highest BCUT2D eigenvalue weighted by molar-refractivity contribution is 7.91. The molecule has 0 amide bonds. The monoisotopic (exact) mass is 398 g/mol. The van der Waals surface area contributed by atoms with E-state index in [1.807, 2.05) is 35.0 Å². The van der Waals surface area contributed by atoms with Crippen molar-refractivity contribution in [1.82, 2.24) is 14.4 Å². The summed E-state index contributed by atoms with van der Waals surface area (Å²) in [6.45, 7) is 0. The maximum Gasteiger partial charge on any atom is 0.236 e. The molecule has 0 saturated carbocycles. The number of hydrogen-bond acceptors (Lipinski definition) is 4. The van der Waals surface area contributed by atoms with Crippen LogP contribution in [0, 0.1) is 0 Å². The van der Waals surface area contributed by atoms with Gasteiger partial charge in [0.2, 0.25) is 15.8 Å². The van der Waals surface area contributed by atoms with Crippen molar-refractivity contribution in [2.24, 2.45) is 0 Å². The summed E-state index contributed by atoms with van der Waals surface area (Å²) in [6, 6.07) is 15.6. The first-order chi connectivity index (χ1) is 13.0. The molecule has 2 heterocycles. The van der Waals surface area contributed by atoms with E-state index in [-0.39, 0.29) is 5.75 Å². The number of halogens is 1. The van der Waals surface area contributed by atoms with Crippen molar-refractivity contribution in [1.29, 1.82) is 0 Å². The summed E-state index contributed by atoms with van der Waals surface area (Å²) in [5, 5.41) is 0.571. The van der Waals surface area contributed by atoms with Gasteiger partial charge >= 0.3 is 0 Å². The molecule has 0 aliphatic rings. The van der Waals surface area contributed by atoms with E-state index in [0.29, 0.717) is 22.1 Å². The molecule has 4 rings (SSSR count). The molecule has 2 aromatic heterocycles. The van der Waals surface area contributed by atoms with Crippen LogP contribution in [0.15, 0.2) is 73.2 Å². The molecule has 136 valence electrons. The predicted octanol–water partition coefficient (Wildman–Crippen LogP) is 3.99. The van der Waals surface area contributed by atoms with E-state index in [4.69, 9.17) is 11.6 Å². The summed E-state index contributed by atoms with van der Waals surface area (Å²) in [7, 11) is -3.52. The Balaban J connectivity index is 1.50. The third-order valence-electron chi connectivity index (χ3n) is 3.96. The fourth-order valence-electron chi connectivity index (χ4n) is 2.69. The lowest BCUT2D eigenvalue weighted by atomic mass is 10.1. The van der Waals surface area contributed by atoms with Crippen molar-refractivity contribution in [3.05, 3.63) is 83.8 Å². The van der Waals surface area contributed by atoms with Gasteiger partial charge in [-0.15, -0.1) is 0 Å². The summed E-state index contributed by atoms with van der Waals surface area (Å²) >= 11 is 5.83. The van der Waals surface area contributed by atoms with Crippen LogP contribution in [0.1, 0.15) is 5.56 Å². The standard InChI is InChI=1S/C19H15ClN4O2S/c20-16-6-2-14(3-7-16)13-27(25,26)23-17-8-4-15(5-9-17)18-12-24-11-1-10-21-19(24)22-18/h1-12,23H,13H2. The second-order valence-electron chi connectivity index (χ2n) is 6.02. The molecule has 0 aliphatic heterocycles. The predicted molar refractivity (Wildman–Crippen MR) is 106 cm³/mol. The van der Waals surface area contributed by atoms with Crippen molar-refractivity contribution >= 4 is 33.1 Å². The van der Waals surface area contributed by atoms with E-state index in [0.717, 1.165) is 11.3 Å². The molecular weight excluding hydrogens is 384 g/mol. The second kappa shape index (κ2) is 7.02. The van der Waals surface area contributed by atoms with Crippen LogP contribution in [0.2, 0.25) is 5.02 Å². The number of anilines is 1. The Morgan fingerprint density at radius 1 is 1.04 bits per heavy atom. The minimum atomic E-state index is -3.52. The largest absolute Gasteiger partial charge is 0.291 e. The third-order valence-corrected chi connectivity index (χ3v) is 5.47. The molecule has 0 saturated heterocycles. The molecule has 2 aromatic carbocycles. The number of aromatic nitrogens is 3. The fourth-order valence-corrected chi connectivity index (χ4v) is 4.02. The first-order valence-electron chi connectivity index (χ1n) is 8.14. The van der Waals surface area contributed by atoms with Crippen molar-refractivity contribution < 1.29 is 8.42 Å². The van der Waals surface area contributed by atoms with Gasteiger partial charge in [0.05, 0.1) is 11.4 Å². The average Bonchev–Trinajstić information content (AvgIpc) is 3.08. The van der Waals surface area contributed by atoms with Crippen LogP contribution in [0.25, 0.3) is 17.0 Å². The van der Waals surface area contributed by atoms with Crippen LogP contribution >= 0.6 is 11.6 Å². The number of sulfonamides is 1. The van der Waals surface area contributed by atoms with Gasteiger partial charge in [-0.05, 0) is 35.9 Å². The Hall–Kier alpha value is -2.90. The van der Waals surface area contributed by atoms with Crippen molar-refractivity contribution in [3.8, 4) is 11.3 Å². The zero-order chi connectivity index (χ0) is 18.9. The molecule has 0 spiro atoms. The number of fused-ring (bicyclic) bond motifs is 1. The van der Waals surface area contributed by atoms with E-state index in [1.165, 1.54) is 0 Å². The normalized spacial score (nSPS) is 11.6. The van der Waals surface area contributed by atoms with Gasteiger partial charge in [0, 0.05) is 34.9 Å². The van der Waals surface area contributed by atoms with E-state index in [2.05, 4.69) is 14.7 Å². The van der Waals surface area contributed by atoms with Crippen molar-refractivity contribution in [2.75, 3.05) is 4.72 Å². The molecule has 0 fully saturated rings. The Labute approximate surface area is 161 Å². The molecule has 4 aromatic rings. The van der Waals surface area contributed by atoms with Gasteiger partial charge in [0.25, 0.3) is 0 Å². The van der Waals surface area contributed by atoms with Crippen LogP contribution in [0.5, 0.6) is 0 Å². The van der Waals surface area contributed by atoms with Crippen LogP contribution in [-0.2, 0) is 15.8 Å². The lowest BCUT2D eigenvalue weighted by Crippen LogP contribution is -2.14. The van der Waals surface area contributed by atoms with Crippen LogP contribution in [0.3, 0.4) is 0 Å². The first kappa shape index (κ1) is 17.5. The Morgan fingerprint density at radius 2 is 1.78 bits per heavy atom. The Bertz CT molecular complexity index is 1150. The SMILES string of the molecule is O=S(=O)(Cc1ccc(Cl)cc1)Nc1ccc(-c2cn3cccnc3n2)cc1. The highest BCUT2D eigenvalue weighted by atomic mass is 35.5. The van der Waals surface area contributed by atoms with Gasteiger partial charge in [-0.2, -0.15) is 0 Å². The first-order valence-corrected chi connectivity index (χ1v) is 10.2. The maximum absolute atomic E-state index is 12.4. The number of nitrogens with zero attached hydrogens (tertiary/aromatic N) is 3. The molecule has 8 heteroatoms. The molecule has 0 aliphatic carbocycles. The fraction of sp³-hybridized carbons (Fsp3) is 0.0526. The number of benzene rings is 2. The molecule has 0 radical (unpaired) electrons. The molecule has 6 nitrogen and oxygen atoms in total. The van der Waals surface area contributed by atoms with Gasteiger partial charge in [0.15, 0.2) is 0 Å². The van der Waals surface area contributed by atoms with Crippen LogP contribution in [0.4, 0.5) is 5.69 Å². The number of rotatable bonds is 5. The van der Waals surface area contributed by atoms with Gasteiger partial charge in [-0.3, -0.25) is 9.12 Å². The second-order valence-corrected chi connectivity index (χ2v) is 8.18. The topological polar surface area (TPSA) is 76.4 Å². The zero-order valence-corrected chi connectivity index (χ0v) is 15.7. The lowest BCUT2D eigenvalue weighted by Gasteiger charge is -2.09. The number of imidazole rings is 1. The summed E-state index contributed by atoms with van der Waals surface area (Å²) in [5.41, 5.74) is 2.81. The van der Waals surface area contributed by atoms with Crippen LogP contribution in [-0.4, -0.2) is 22.8 Å². The van der Waals surface area contributed by atoms with Gasteiger partial charge in [-0.25, -0.2) is 18.4 Å². The summed E-state index contributed by atoms with van der Waals surface area (Å²) in [6.07, 6.45) is 5.44. The third kappa shape index (κ3) is 4.10. The van der Waals surface area contributed by atoms with Crippen molar-refractivity contribution in [3.63, 3.8) is 0 Å². The van der Waals surface area contributed by atoms with E-state index in [1.54, 1.807) is 42.6 Å². The minimum absolute atomic E-state index is 0.121. The summed E-state index contributed by atoms with van der Waals surface area (Å²) < 4.78 is 29.1. The highest BCUT2D eigenvalue weighted by Crippen LogP contribution is 2.22. The molecule has 0 bridgehead atoms. The molecule has 1 N–H and O–H groups in total. The number of hydrogen-bond donors (Lipinski definition) is 1. The highest BCUT2D eigenvalue weighted by Gasteiger charge is 2.12. The zero-order valence-electron chi connectivity index (χ0n) is 14.1. The Morgan fingerprint density at radius 3 is 2.48 bits per heavy atom. The molecular formula is C19H15ClN4O2S. The van der Waals surface area contributed by atoms with E-state index in [9.17, 15) is 8.42 Å². The summed E-state index contributed by atoms with van der Waals surface area (Å²) in [5.74, 6) is 0.490. The van der Waals surface area contributed by atoms with Gasteiger partial charge < -0.3 is 0 Å². The quantitative estimate of drug-likeness (QED) is 0.551. The maximum atomic E-state index is 12.4. The van der Waals surface area contributed by atoms with Gasteiger partial charge in [-0.1, -0.05) is 35.9 Å². The minimum Gasteiger partial charge on any atom is -0.291 e. The smallest absolute Gasteiger partial charge is 0.236 e. The molecule has 0 atom stereocenters. The van der Waals surface area contributed by atoms with Crippen molar-refractivity contribution in [2.45, 2.75) is 5.75 Å². The van der Waals surface area contributed by atoms with Gasteiger partial charge in [0.1, 0.15) is 0 Å². The average molecular weight is 399 g/mol. The Kier molecular flexibility index (Phi) is 4.55. The van der Waals surface area contributed by atoms with E-state index >= 15 is 0 Å². The van der Waals surface area contributed by atoms with E-state index < -0.39 is 10.0 Å². The molecule has 27 heavy (non-hydrogen) atoms. The van der Waals surface area contributed by atoms with Crippen LogP contribution < -0.4 is 4.72 Å².